The van der Waals surface area contributed by atoms with Crippen LogP contribution in [0.5, 0.6) is 0 Å². The summed E-state index contributed by atoms with van der Waals surface area (Å²) in [7, 11) is 1.60. The summed E-state index contributed by atoms with van der Waals surface area (Å²) in [6.45, 7) is 0. The molecule has 0 spiro atoms. The smallest absolute Gasteiger partial charge is 0.337 e. The molecule has 2 heterocycles. The lowest BCUT2D eigenvalue weighted by atomic mass is 10.2. The number of anilines is 1. The van der Waals surface area contributed by atoms with Crippen LogP contribution in [0, 0.1) is 0 Å². The Morgan fingerprint density at radius 1 is 1.00 bits per heavy atom. The number of pyridine rings is 1. The van der Waals surface area contributed by atoms with Crippen LogP contribution in [-0.4, -0.2) is 19.7 Å². The van der Waals surface area contributed by atoms with Gasteiger partial charge in [0.05, 0.1) is 11.4 Å². The van der Waals surface area contributed by atoms with Crippen molar-refractivity contribution < 1.29 is 0 Å². The average Bonchev–Trinajstić information content (AvgIpc) is 3.55. The SMILES string of the molecule is Cn1c(=O)cc(NC2CC2)c2c(=O)n(C3CC3)c(=O)n(-c3ccccc3)c21. The van der Waals surface area contributed by atoms with Gasteiger partial charge >= 0.3 is 5.69 Å². The van der Waals surface area contributed by atoms with Crippen molar-refractivity contribution in [2.24, 2.45) is 7.05 Å². The van der Waals surface area contributed by atoms with Crippen molar-refractivity contribution in [3.63, 3.8) is 0 Å². The second kappa shape index (κ2) is 5.70. The minimum Gasteiger partial charge on any atom is -0.381 e. The quantitative estimate of drug-likeness (QED) is 0.765. The maximum atomic E-state index is 13.3. The Kier molecular flexibility index (Phi) is 3.40. The summed E-state index contributed by atoms with van der Waals surface area (Å²) in [6.07, 6.45) is 3.69. The molecule has 1 N–H and O–H groups in total. The van der Waals surface area contributed by atoms with Gasteiger partial charge in [0.2, 0.25) is 0 Å². The van der Waals surface area contributed by atoms with Crippen LogP contribution in [0.15, 0.2) is 50.8 Å². The maximum Gasteiger partial charge on any atom is 0.337 e. The fraction of sp³-hybridized carbons (Fsp3) is 0.350. The van der Waals surface area contributed by atoms with Gasteiger partial charge in [-0.1, -0.05) is 18.2 Å². The van der Waals surface area contributed by atoms with E-state index in [-0.39, 0.29) is 28.9 Å². The third kappa shape index (κ3) is 2.53. The van der Waals surface area contributed by atoms with Crippen LogP contribution >= 0.6 is 0 Å². The number of para-hydroxylation sites is 1. The summed E-state index contributed by atoms with van der Waals surface area (Å²) in [6, 6.07) is 10.9. The van der Waals surface area contributed by atoms with Gasteiger partial charge in [-0.15, -0.1) is 0 Å². The molecule has 2 aromatic heterocycles. The van der Waals surface area contributed by atoms with E-state index in [1.807, 2.05) is 30.3 Å². The molecule has 138 valence electrons. The Morgan fingerprint density at radius 3 is 2.33 bits per heavy atom. The molecule has 0 amide bonds. The molecule has 0 saturated heterocycles. The van der Waals surface area contributed by atoms with Crippen LogP contribution in [0.25, 0.3) is 16.7 Å². The van der Waals surface area contributed by atoms with Gasteiger partial charge < -0.3 is 5.32 Å². The molecular weight excluding hydrogens is 344 g/mol. The van der Waals surface area contributed by atoms with Crippen LogP contribution in [0.2, 0.25) is 0 Å². The highest BCUT2D eigenvalue weighted by Gasteiger charge is 2.31. The molecule has 0 unspecified atom stereocenters. The van der Waals surface area contributed by atoms with Gasteiger partial charge in [-0.05, 0) is 37.8 Å². The largest absolute Gasteiger partial charge is 0.381 e. The van der Waals surface area contributed by atoms with Gasteiger partial charge in [-0.25, -0.2) is 9.36 Å². The Balaban J connectivity index is 1.98. The van der Waals surface area contributed by atoms with Gasteiger partial charge in [-0.3, -0.25) is 18.7 Å². The number of hydrogen-bond donors (Lipinski definition) is 1. The molecule has 7 heteroatoms. The fourth-order valence-corrected chi connectivity index (χ4v) is 3.59. The number of nitrogens with zero attached hydrogens (tertiary/aromatic N) is 3. The van der Waals surface area contributed by atoms with Gasteiger partial charge in [0.1, 0.15) is 11.0 Å². The highest BCUT2D eigenvalue weighted by atomic mass is 16.2. The zero-order chi connectivity index (χ0) is 18.7. The lowest BCUT2D eigenvalue weighted by Gasteiger charge is -2.18. The number of nitrogens with one attached hydrogen (secondary N) is 1. The van der Waals surface area contributed by atoms with E-state index in [2.05, 4.69) is 5.32 Å². The molecular formula is C20H20N4O3. The van der Waals surface area contributed by atoms with Crippen LogP contribution in [0.3, 0.4) is 0 Å². The van der Waals surface area contributed by atoms with E-state index in [4.69, 9.17) is 0 Å². The standard InChI is InChI=1S/C20H20N4O3/c1-22-16(25)11-15(21-12-7-8-12)17-18(22)23(13-5-3-2-4-6-13)20(27)24(19(17)26)14-9-10-14/h2-6,11-12,14,21H,7-10H2,1H3. The number of rotatable bonds is 4. The molecule has 0 aliphatic heterocycles. The lowest BCUT2D eigenvalue weighted by molar-refractivity contribution is 0.637. The third-order valence-corrected chi connectivity index (χ3v) is 5.31. The maximum absolute atomic E-state index is 13.3. The lowest BCUT2D eigenvalue weighted by Crippen LogP contribution is -2.41. The molecule has 2 aliphatic rings. The fourth-order valence-electron chi connectivity index (χ4n) is 3.59. The predicted molar refractivity (Wildman–Crippen MR) is 104 cm³/mol. The second-order valence-electron chi connectivity index (χ2n) is 7.43. The first-order valence-electron chi connectivity index (χ1n) is 9.29. The molecule has 2 aliphatic carbocycles. The molecule has 2 fully saturated rings. The highest BCUT2D eigenvalue weighted by molar-refractivity contribution is 5.89. The van der Waals surface area contributed by atoms with Crippen molar-refractivity contribution in [1.82, 2.24) is 13.7 Å². The van der Waals surface area contributed by atoms with Crippen molar-refractivity contribution in [3.05, 3.63) is 67.6 Å². The first-order chi connectivity index (χ1) is 13.1. The van der Waals surface area contributed by atoms with Crippen LogP contribution < -0.4 is 22.1 Å². The zero-order valence-electron chi connectivity index (χ0n) is 15.0. The first-order valence-corrected chi connectivity index (χ1v) is 9.29. The van der Waals surface area contributed by atoms with Crippen LogP contribution in [0.4, 0.5) is 5.69 Å². The van der Waals surface area contributed by atoms with Crippen molar-refractivity contribution in [1.29, 1.82) is 0 Å². The highest BCUT2D eigenvalue weighted by Crippen LogP contribution is 2.33. The summed E-state index contributed by atoms with van der Waals surface area (Å²) in [5.74, 6) is 0. The molecule has 0 bridgehead atoms. The van der Waals surface area contributed by atoms with E-state index >= 15 is 0 Å². The van der Waals surface area contributed by atoms with Crippen LogP contribution in [-0.2, 0) is 7.05 Å². The molecule has 7 nitrogen and oxygen atoms in total. The Hall–Kier alpha value is -3.09. The normalized spacial score (nSPS) is 16.6. The number of aryl methyl sites for hydroxylation is 1. The Morgan fingerprint density at radius 2 is 1.70 bits per heavy atom. The van der Waals surface area contributed by atoms with E-state index in [1.165, 1.54) is 19.8 Å². The number of aromatic nitrogens is 3. The van der Waals surface area contributed by atoms with Crippen molar-refractivity contribution in [2.75, 3.05) is 5.32 Å². The zero-order valence-corrected chi connectivity index (χ0v) is 15.0. The Bertz CT molecular complexity index is 1230. The summed E-state index contributed by atoms with van der Waals surface area (Å²) in [5, 5.41) is 3.71. The van der Waals surface area contributed by atoms with E-state index in [9.17, 15) is 14.4 Å². The molecule has 27 heavy (non-hydrogen) atoms. The van der Waals surface area contributed by atoms with Crippen molar-refractivity contribution in [2.45, 2.75) is 37.8 Å². The summed E-state index contributed by atoms with van der Waals surface area (Å²) < 4.78 is 4.24. The monoisotopic (exact) mass is 364 g/mol. The van der Waals surface area contributed by atoms with E-state index in [0.717, 1.165) is 25.7 Å². The van der Waals surface area contributed by atoms with Gasteiger partial charge in [0.25, 0.3) is 11.1 Å². The molecule has 0 atom stereocenters. The van der Waals surface area contributed by atoms with Crippen LogP contribution in [0.1, 0.15) is 31.7 Å². The second-order valence-corrected chi connectivity index (χ2v) is 7.43. The summed E-state index contributed by atoms with van der Waals surface area (Å²) in [4.78, 5) is 39.2. The first kappa shape index (κ1) is 16.1. The van der Waals surface area contributed by atoms with Gasteiger partial charge in [0, 0.05) is 25.2 Å². The molecule has 5 rings (SSSR count). The van der Waals surface area contributed by atoms with Gasteiger partial charge in [-0.2, -0.15) is 0 Å². The number of hydrogen-bond acceptors (Lipinski definition) is 4. The predicted octanol–water partition coefficient (Wildman–Crippen LogP) is 1.76. The molecule has 0 radical (unpaired) electrons. The third-order valence-electron chi connectivity index (χ3n) is 5.31. The van der Waals surface area contributed by atoms with Gasteiger partial charge in [0.15, 0.2) is 0 Å². The summed E-state index contributed by atoms with van der Waals surface area (Å²) >= 11 is 0. The minimum atomic E-state index is -0.389. The molecule has 2 saturated carbocycles. The number of benzene rings is 1. The molecule has 1 aromatic carbocycles. The minimum absolute atomic E-state index is 0.0598. The average molecular weight is 364 g/mol. The summed E-state index contributed by atoms with van der Waals surface area (Å²) in [5.41, 5.74) is 0.547. The topological polar surface area (TPSA) is 78.0 Å². The van der Waals surface area contributed by atoms with Crippen molar-refractivity contribution in [3.8, 4) is 5.69 Å². The van der Waals surface area contributed by atoms with E-state index < -0.39 is 0 Å². The van der Waals surface area contributed by atoms with Crippen molar-refractivity contribution >= 4 is 16.7 Å². The Labute approximate surface area is 154 Å². The van der Waals surface area contributed by atoms with E-state index in [0.29, 0.717) is 22.4 Å². The van der Waals surface area contributed by atoms with E-state index in [1.54, 1.807) is 7.05 Å². The number of fused-ring (bicyclic) bond motifs is 1. The molecule has 3 aromatic rings.